The summed E-state index contributed by atoms with van der Waals surface area (Å²) in [5.41, 5.74) is 7.76. The van der Waals surface area contributed by atoms with E-state index in [1.54, 1.807) is 5.28 Å². The lowest BCUT2D eigenvalue weighted by Crippen LogP contribution is -2.63. The smallest absolute Gasteiger partial charge is 0.163 e. The Labute approximate surface area is 56.9 Å². The van der Waals surface area contributed by atoms with Crippen LogP contribution in [-0.4, -0.2) is 6.10 Å². The highest BCUT2D eigenvalue weighted by Crippen LogP contribution is 1.73. The zero-order chi connectivity index (χ0) is 7.70. The predicted octanol–water partition coefficient (Wildman–Crippen LogP) is 0.845. The summed E-state index contributed by atoms with van der Waals surface area (Å²) in [6.45, 7) is 7.87. The lowest BCUT2D eigenvalue weighted by Gasteiger charge is -1.93. The Bertz CT molecular complexity index is 55.0. The SMILES string of the molecule is CC(C)O[NH+]=[N-].CCC. The van der Waals surface area contributed by atoms with Crippen LogP contribution in [-0.2, 0) is 4.84 Å². The molecule has 0 atom stereocenters. The average Bonchev–Trinajstić information content (AvgIpc) is 1.67. The molecule has 0 unspecified atom stereocenters. The lowest BCUT2D eigenvalue weighted by atomic mass is 10.5. The van der Waals surface area contributed by atoms with Gasteiger partial charge in [0, 0.05) is 0 Å². The largest absolute Gasteiger partial charge is 0.453 e. The van der Waals surface area contributed by atoms with Crippen molar-refractivity contribution in [1.82, 2.24) is 0 Å². The molecule has 56 valence electrons. The Morgan fingerprint density at radius 2 is 1.78 bits per heavy atom. The van der Waals surface area contributed by atoms with Crippen LogP contribution in [0.4, 0.5) is 0 Å². The first-order chi connectivity index (χ1) is 4.18. The Balaban J connectivity index is 0. The molecule has 0 spiro atoms. The molecule has 3 heteroatoms. The molecule has 0 aromatic carbocycles. The van der Waals surface area contributed by atoms with Gasteiger partial charge in [-0.05, 0) is 13.8 Å². The van der Waals surface area contributed by atoms with Gasteiger partial charge in [0.1, 0.15) is 0 Å². The molecule has 0 radical (unpaired) electrons. The van der Waals surface area contributed by atoms with Crippen LogP contribution >= 0.6 is 0 Å². The van der Waals surface area contributed by atoms with Gasteiger partial charge in [0.2, 0.25) is 0 Å². The van der Waals surface area contributed by atoms with Crippen molar-refractivity contribution in [2.45, 2.75) is 40.2 Å². The van der Waals surface area contributed by atoms with Crippen molar-refractivity contribution in [2.24, 2.45) is 0 Å². The van der Waals surface area contributed by atoms with E-state index < -0.39 is 0 Å². The maximum Gasteiger partial charge on any atom is 0.163 e. The van der Waals surface area contributed by atoms with Crippen LogP contribution in [0.2, 0.25) is 0 Å². The number of hydrogen-bond acceptors (Lipinski definition) is 1. The number of hydrogen-bond donors (Lipinski definition) is 1. The minimum absolute atomic E-state index is 0.0370. The number of nitrogens with one attached hydrogen (secondary N) is 1. The molecule has 0 aliphatic heterocycles. The molecular weight excluding hydrogens is 116 g/mol. The molecule has 3 nitrogen and oxygen atoms in total. The quantitative estimate of drug-likeness (QED) is 0.439. The van der Waals surface area contributed by atoms with Crippen molar-refractivity contribution in [3.05, 3.63) is 5.53 Å². The van der Waals surface area contributed by atoms with Crippen LogP contribution in [0.3, 0.4) is 0 Å². The van der Waals surface area contributed by atoms with Crippen LogP contribution in [0, 0.1) is 0 Å². The van der Waals surface area contributed by atoms with E-state index >= 15 is 0 Å². The second-order valence-corrected chi connectivity index (χ2v) is 1.96. The van der Waals surface area contributed by atoms with Crippen molar-refractivity contribution < 1.29 is 10.1 Å². The summed E-state index contributed by atoms with van der Waals surface area (Å²) in [6, 6.07) is 0. The van der Waals surface area contributed by atoms with Crippen molar-refractivity contribution in [1.29, 1.82) is 0 Å². The third-order valence-electron chi connectivity index (χ3n) is 0.288. The van der Waals surface area contributed by atoms with Gasteiger partial charge in [-0.1, -0.05) is 20.3 Å². The molecule has 0 aliphatic rings. The number of rotatable bonds is 2. The minimum Gasteiger partial charge on any atom is -0.453 e. The fourth-order valence-electron chi connectivity index (χ4n) is 0.105. The van der Waals surface area contributed by atoms with Crippen molar-refractivity contribution in [3.63, 3.8) is 0 Å². The molecule has 0 aromatic rings. The molecule has 0 fully saturated rings. The summed E-state index contributed by atoms with van der Waals surface area (Å²) in [5, 5.41) is 1.57. The average molecular weight is 132 g/mol. The Kier molecular flexibility index (Phi) is 13.0. The van der Waals surface area contributed by atoms with Gasteiger partial charge in [0.25, 0.3) is 0 Å². The molecule has 1 N–H and O–H groups in total. The molecule has 0 amide bonds. The van der Waals surface area contributed by atoms with Gasteiger partial charge in [0.15, 0.2) is 6.10 Å². The van der Waals surface area contributed by atoms with Gasteiger partial charge >= 0.3 is 0 Å². The highest BCUT2D eigenvalue weighted by molar-refractivity contribution is 4.24. The third-order valence-corrected chi connectivity index (χ3v) is 0.288. The lowest BCUT2D eigenvalue weighted by molar-refractivity contribution is -0.779. The van der Waals surface area contributed by atoms with E-state index in [1.165, 1.54) is 6.42 Å². The molecule has 0 bridgehead atoms. The molecule has 0 aliphatic carbocycles. The van der Waals surface area contributed by atoms with E-state index in [1.807, 2.05) is 13.8 Å². The van der Waals surface area contributed by atoms with Crippen LogP contribution in [0.25, 0.3) is 5.53 Å². The normalized spacial score (nSPS) is 7.67. The van der Waals surface area contributed by atoms with E-state index in [9.17, 15) is 0 Å². The summed E-state index contributed by atoms with van der Waals surface area (Å²) in [4.78, 5) is 4.35. The van der Waals surface area contributed by atoms with Crippen LogP contribution in [0.5, 0.6) is 0 Å². The van der Waals surface area contributed by atoms with Gasteiger partial charge < -0.3 is 5.53 Å². The fraction of sp³-hybridized carbons (Fsp3) is 1.00. The summed E-state index contributed by atoms with van der Waals surface area (Å²) >= 11 is 0. The van der Waals surface area contributed by atoms with E-state index in [2.05, 4.69) is 18.7 Å². The van der Waals surface area contributed by atoms with E-state index in [-0.39, 0.29) is 6.10 Å². The van der Waals surface area contributed by atoms with E-state index in [0.717, 1.165) is 0 Å². The molecule has 0 saturated heterocycles. The van der Waals surface area contributed by atoms with E-state index in [0.29, 0.717) is 0 Å². The first-order valence-electron chi connectivity index (χ1n) is 3.23. The van der Waals surface area contributed by atoms with Crippen LogP contribution in [0.1, 0.15) is 34.1 Å². The molecule has 0 rings (SSSR count). The predicted molar refractivity (Wildman–Crippen MR) is 36.5 cm³/mol. The first-order valence-corrected chi connectivity index (χ1v) is 3.23. The van der Waals surface area contributed by atoms with Gasteiger partial charge in [-0.3, -0.25) is 4.84 Å². The topological polar surface area (TPSA) is 45.5 Å². The summed E-state index contributed by atoms with van der Waals surface area (Å²) in [6.07, 6.45) is 1.29. The monoisotopic (exact) mass is 132 g/mol. The first kappa shape index (κ1) is 11.2. The van der Waals surface area contributed by atoms with Gasteiger partial charge in [-0.2, -0.15) is 0 Å². The standard InChI is InChI=1S/C3H8N2O.C3H8/c1-3(2)6-5-4;1-3-2/h3,5H,1-2H3;3H2,1-2H3. The molecule has 0 saturated carbocycles. The summed E-state index contributed by atoms with van der Waals surface area (Å²) < 4.78 is 0. The van der Waals surface area contributed by atoms with Crippen molar-refractivity contribution >= 4 is 0 Å². The van der Waals surface area contributed by atoms with E-state index in [4.69, 9.17) is 5.53 Å². The number of nitrogens with zero attached hydrogens (tertiary/aromatic N) is 1. The zero-order valence-corrected chi connectivity index (χ0v) is 6.64. The Morgan fingerprint density at radius 1 is 1.44 bits per heavy atom. The summed E-state index contributed by atoms with van der Waals surface area (Å²) in [7, 11) is 0. The highest BCUT2D eigenvalue weighted by Gasteiger charge is 1.86. The Morgan fingerprint density at radius 3 is 1.78 bits per heavy atom. The van der Waals surface area contributed by atoms with Gasteiger partial charge in [-0.15, -0.1) is 5.28 Å². The molecule has 0 heterocycles. The summed E-state index contributed by atoms with van der Waals surface area (Å²) in [5.74, 6) is 0. The third kappa shape index (κ3) is 37.5. The van der Waals surface area contributed by atoms with Gasteiger partial charge in [-0.25, -0.2) is 0 Å². The van der Waals surface area contributed by atoms with Crippen molar-refractivity contribution in [3.8, 4) is 0 Å². The Hall–Kier alpha value is -0.600. The van der Waals surface area contributed by atoms with Crippen LogP contribution in [0.15, 0.2) is 0 Å². The van der Waals surface area contributed by atoms with Crippen molar-refractivity contribution in [2.75, 3.05) is 0 Å². The second kappa shape index (κ2) is 10.4. The highest BCUT2D eigenvalue weighted by atomic mass is 16.6. The van der Waals surface area contributed by atoms with Crippen LogP contribution < -0.4 is 5.28 Å². The minimum atomic E-state index is 0.0370. The second-order valence-electron chi connectivity index (χ2n) is 1.96. The molecular formula is C6H16N2O. The maximum absolute atomic E-state index is 7.76. The maximum atomic E-state index is 7.76. The molecule has 9 heavy (non-hydrogen) atoms. The van der Waals surface area contributed by atoms with Gasteiger partial charge in [0.05, 0.1) is 0 Å². The molecule has 0 aromatic heterocycles. The fourth-order valence-corrected chi connectivity index (χ4v) is 0.105. The zero-order valence-electron chi connectivity index (χ0n) is 6.64.